The first kappa shape index (κ1) is 21.6. The van der Waals surface area contributed by atoms with Crippen LogP contribution in [-0.4, -0.2) is 64.9 Å². The molecule has 7 heteroatoms. The fourth-order valence-corrected chi connectivity index (χ4v) is 4.86. The van der Waals surface area contributed by atoms with Crippen molar-refractivity contribution in [3.8, 4) is 0 Å². The summed E-state index contributed by atoms with van der Waals surface area (Å²) in [6.07, 6.45) is 9.75. The molecule has 3 rings (SSSR count). The summed E-state index contributed by atoms with van der Waals surface area (Å²) in [5.41, 5.74) is 0.218. The second-order valence-electron chi connectivity index (χ2n) is 8.39. The van der Waals surface area contributed by atoms with Crippen molar-refractivity contribution in [1.29, 1.82) is 0 Å². The van der Waals surface area contributed by atoms with Gasteiger partial charge in [-0.2, -0.15) is 0 Å². The summed E-state index contributed by atoms with van der Waals surface area (Å²) in [4.78, 5) is 43.8. The second-order valence-corrected chi connectivity index (χ2v) is 8.39. The monoisotopic (exact) mass is 402 g/mol. The van der Waals surface area contributed by atoms with Crippen LogP contribution in [-0.2, 0) is 4.79 Å². The van der Waals surface area contributed by atoms with Gasteiger partial charge >= 0.3 is 0 Å². The number of amides is 2. The van der Waals surface area contributed by atoms with Gasteiger partial charge in [-0.15, -0.1) is 0 Å². The molecule has 1 spiro atoms. The van der Waals surface area contributed by atoms with Gasteiger partial charge in [0.2, 0.25) is 11.5 Å². The zero-order valence-electron chi connectivity index (χ0n) is 17.5. The number of carbonyl (C=O) groups is 2. The third kappa shape index (κ3) is 5.47. The zero-order chi connectivity index (χ0) is 20.7. The van der Waals surface area contributed by atoms with E-state index in [1.54, 1.807) is 11.0 Å². The van der Waals surface area contributed by atoms with Gasteiger partial charge in [0.05, 0.1) is 5.56 Å². The largest absolute Gasteiger partial charge is 0.354 e. The molecule has 2 amide bonds. The molecule has 1 saturated heterocycles. The van der Waals surface area contributed by atoms with Crippen LogP contribution in [0.2, 0.25) is 0 Å². The van der Waals surface area contributed by atoms with E-state index in [1.165, 1.54) is 31.5 Å². The molecule has 2 N–H and O–H groups in total. The first-order valence-corrected chi connectivity index (χ1v) is 11.0. The highest BCUT2D eigenvalue weighted by Gasteiger charge is 2.39. The van der Waals surface area contributed by atoms with Crippen LogP contribution in [0.25, 0.3) is 0 Å². The minimum Gasteiger partial charge on any atom is -0.354 e. The molecule has 1 aromatic rings. The Bertz CT molecular complexity index is 734. The number of nitrogens with one attached hydrogen (secondary N) is 2. The second kappa shape index (κ2) is 10.1. The molecular weight excluding hydrogens is 368 g/mol. The molecule has 0 bridgehead atoms. The summed E-state index contributed by atoms with van der Waals surface area (Å²) in [5, 5.41) is 3.04. The number of hydrogen-bond acceptors (Lipinski definition) is 4. The Labute approximate surface area is 172 Å². The molecule has 0 radical (unpaired) electrons. The molecule has 2 heterocycles. The minimum atomic E-state index is -0.223. The van der Waals surface area contributed by atoms with Gasteiger partial charge in [0.15, 0.2) is 0 Å². The Morgan fingerprint density at radius 2 is 1.86 bits per heavy atom. The summed E-state index contributed by atoms with van der Waals surface area (Å²) in [7, 11) is 0. The van der Waals surface area contributed by atoms with Gasteiger partial charge in [-0.3, -0.25) is 19.3 Å². The standard InChI is InChI=1S/C22H34N4O3/c1-2-12-26-14-6-13-25(21(29)18-7-8-19(27)24-17-18)15-11-23-20(28)16-22(26)9-4-3-5-10-22/h7-8,17H,2-6,9-16H2,1H3,(H,23,28)(H,24,27). The fourth-order valence-electron chi connectivity index (χ4n) is 4.86. The summed E-state index contributed by atoms with van der Waals surface area (Å²) in [6.45, 7) is 5.65. The Hall–Kier alpha value is -2.15. The third-order valence-electron chi connectivity index (χ3n) is 6.32. The smallest absolute Gasteiger partial charge is 0.255 e. The Kier molecular flexibility index (Phi) is 7.47. The fraction of sp³-hybridized carbons (Fsp3) is 0.682. The molecule has 0 aromatic carbocycles. The Balaban J connectivity index is 1.76. The molecule has 1 aromatic heterocycles. The lowest BCUT2D eigenvalue weighted by molar-refractivity contribution is -0.125. The van der Waals surface area contributed by atoms with Crippen LogP contribution in [0.4, 0.5) is 0 Å². The summed E-state index contributed by atoms with van der Waals surface area (Å²) >= 11 is 0. The van der Waals surface area contributed by atoms with Crippen LogP contribution in [0.1, 0.15) is 68.6 Å². The number of H-pyrrole nitrogens is 1. The molecule has 2 fully saturated rings. The molecule has 1 aliphatic heterocycles. The Morgan fingerprint density at radius 3 is 2.55 bits per heavy atom. The lowest BCUT2D eigenvalue weighted by Gasteiger charge is -2.46. The molecule has 29 heavy (non-hydrogen) atoms. The van der Waals surface area contributed by atoms with Crippen LogP contribution in [0.3, 0.4) is 0 Å². The maximum atomic E-state index is 12.9. The van der Waals surface area contributed by atoms with Crippen LogP contribution in [0.5, 0.6) is 0 Å². The quantitative estimate of drug-likeness (QED) is 0.811. The van der Waals surface area contributed by atoms with Crippen LogP contribution < -0.4 is 10.9 Å². The van der Waals surface area contributed by atoms with Gasteiger partial charge in [-0.1, -0.05) is 26.2 Å². The topological polar surface area (TPSA) is 85.5 Å². The van der Waals surface area contributed by atoms with E-state index in [0.29, 0.717) is 31.6 Å². The van der Waals surface area contributed by atoms with Gasteiger partial charge < -0.3 is 15.2 Å². The van der Waals surface area contributed by atoms with Gasteiger partial charge in [-0.25, -0.2) is 0 Å². The summed E-state index contributed by atoms with van der Waals surface area (Å²) in [5.74, 6) is -0.0180. The molecule has 1 saturated carbocycles. The molecule has 2 aliphatic rings. The lowest BCUT2D eigenvalue weighted by atomic mass is 9.77. The predicted molar refractivity (Wildman–Crippen MR) is 113 cm³/mol. The van der Waals surface area contributed by atoms with Gasteiger partial charge in [0, 0.05) is 50.4 Å². The van der Waals surface area contributed by atoms with Crippen molar-refractivity contribution >= 4 is 11.8 Å². The number of aromatic amines is 1. The number of carbonyl (C=O) groups excluding carboxylic acids is 2. The van der Waals surface area contributed by atoms with Crippen molar-refractivity contribution in [2.24, 2.45) is 0 Å². The maximum Gasteiger partial charge on any atom is 0.255 e. The Morgan fingerprint density at radius 1 is 1.07 bits per heavy atom. The van der Waals surface area contributed by atoms with Crippen LogP contribution in [0, 0.1) is 0 Å². The van der Waals surface area contributed by atoms with Crippen molar-refractivity contribution in [3.05, 3.63) is 34.2 Å². The summed E-state index contributed by atoms with van der Waals surface area (Å²) in [6, 6.07) is 2.93. The molecular formula is C22H34N4O3. The van der Waals surface area contributed by atoms with E-state index >= 15 is 0 Å². The highest BCUT2D eigenvalue weighted by molar-refractivity contribution is 5.93. The third-order valence-corrected chi connectivity index (χ3v) is 6.32. The van der Waals surface area contributed by atoms with Crippen LogP contribution >= 0.6 is 0 Å². The number of pyridine rings is 1. The average Bonchev–Trinajstić information content (AvgIpc) is 2.74. The number of aromatic nitrogens is 1. The number of hydrogen-bond donors (Lipinski definition) is 2. The van der Waals surface area contributed by atoms with Crippen LogP contribution in [0.15, 0.2) is 23.1 Å². The molecule has 7 nitrogen and oxygen atoms in total. The van der Waals surface area contributed by atoms with Crippen molar-refractivity contribution in [2.75, 3.05) is 32.7 Å². The predicted octanol–water partition coefficient (Wildman–Crippen LogP) is 2.14. The molecule has 1 aliphatic carbocycles. The van der Waals surface area contributed by atoms with Crippen molar-refractivity contribution in [2.45, 2.75) is 63.8 Å². The van der Waals surface area contributed by atoms with Gasteiger partial charge in [0.1, 0.15) is 0 Å². The van der Waals surface area contributed by atoms with E-state index in [9.17, 15) is 14.4 Å². The number of rotatable bonds is 3. The molecule has 160 valence electrons. The maximum absolute atomic E-state index is 12.9. The number of nitrogens with zero attached hydrogens (tertiary/aromatic N) is 2. The van der Waals surface area contributed by atoms with Crippen molar-refractivity contribution in [3.63, 3.8) is 0 Å². The van der Waals surface area contributed by atoms with E-state index in [4.69, 9.17) is 0 Å². The van der Waals surface area contributed by atoms with E-state index in [1.807, 2.05) is 0 Å². The normalized spacial score (nSPS) is 21.4. The first-order chi connectivity index (χ1) is 14.0. The SMILES string of the molecule is CCCN1CCCN(C(=O)c2ccc(=O)[nH]c2)CCNC(=O)CC12CCCCC2. The highest BCUT2D eigenvalue weighted by Crippen LogP contribution is 2.37. The molecule has 0 unspecified atom stereocenters. The zero-order valence-corrected chi connectivity index (χ0v) is 17.5. The van der Waals surface area contributed by atoms with Gasteiger partial charge in [-0.05, 0) is 38.3 Å². The lowest BCUT2D eigenvalue weighted by Crippen LogP contribution is -2.53. The summed E-state index contributed by atoms with van der Waals surface area (Å²) < 4.78 is 0. The van der Waals surface area contributed by atoms with Crippen molar-refractivity contribution < 1.29 is 9.59 Å². The first-order valence-electron chi connectivity index (χ1n) is 11.0. The van der Waals surface area contributed by atoms with Gasteiger partial charge in [0.25, 0.3) is 5.91 Å². The van der Waals surface area contributed by atoms with E-state index in [0.717, 1.165) is 38.8 Å². The van der Waals surface area contributed by atoms with E-state index in [-0.39, 0.29) is 22.9 Å². The highest BCUT2D eigenvalue weighted by atomic mass is 16.2. The minimum absolute atomic E-state index is 0.0313. The average molecular weight is 403 g/mol. The van der Waals surface area contributed by atoms with E-state index < -0.39 is 0 Å². The van der Waals surface area contributed by atoms with Crippen molar-refractivity contribution in [1.82, 2.24) is 20.1 Å². The molecule has 0 atom stereocenters. The van der Waals surface area contributed by atoms with E-state index in [2.05, 4.69) is 22.1 Å².